The highest BCUT2D eigenvalue weighted by Gasteiger charge is 2.45. The molecule has 0 aliphatic carbocycles. The third kappa shape index (κ3) is 1.56. The van der Waals surface area contributed by atoms with Crippen molar-refractivity contribution >= 4 is 51.7 Å². The van der Waals surface area contributed by atoms with E-state index in [0.717, 1.165) is 0 Å². The number of carbonyl (C=O) groups is 1. The van der Waals surface area contributed by atoms with Gasteiger partial charge in [0.05, 0.1) is 5.02 Å². The third-order valence-corrected chi connectivity index (χ3v) is 4.34. The Morgan fingerprint density at radius 2 is 2.25 bits per heavy atom. The normalized spacial score (nSPS) is 22.8. The highest BCUT2D eigenvalue weighted by atomic mass is 127. The number of halogens is 3. The molecule has 1 aliphatic rings. The Morgan fingerprint density at radius 1 is 1.62 bits per heavy atom. The second-order valence-electron chi connectivity index (χ2n) is 3.70. The summed E-state index contributed by atoms with van der Waals surface area (Å²) in [6.45, 7) is 1.82. The fraction of sp³-hybridized carbons (Fsp3) is 0.333. The fourth-order valence-corrected chi connectivity index (χ4v) is 2.82. The molecule has 4 nitrogen and oxygen atoms in total. The van der Waals surface area contributed by atoms with Gasteiger partial charge in [-0.25, -0.2) is 4.98 Å². The van der Waals surface area contributed by atoms with E-state index in [1.807, 2.05) is 22.6 Å². The summed E-state index contributed by atoms with van der Waals surface area (Å²) in [7, 11) is 0. The van der Waals surface area contributed by atoms with Gasteiger partial charge in [-0.2, -0.15) is 0 Å². The monoisotopic (exact) mass is 372 g/mol. The first-order valence-corrected chi connectivity index (χ1v) is 6.19. The smallest absolute Gasteiger partial charge is 0.231 e. The van der Waals surface area contributed by atoms with Crippen LogP contribution in [-0.2, 0) is 10.2 Å². The molecule has 7 heteroatoms. The molecule has 0 aromatic carbocycles. The quantitative estimate of drug-likeness (QED) is 0.606. The van der Waals surface area contributed by atoms with Gasteiger partial charge in [-0.15, -0.1) is 0 Å². The first-order valence-electron chi connectivity index (χ1n) is 4.35. The van der Waals surface area contributed by atoms with E-state index in [0.29, 0.717) is 20.0 Å². The van der Waals surface area contributed by atoms with Gasteiger partial charge < -0.3 is 10.5 Å². The second kappa shape index (κ2) is 3.89. The molecule has 0 spiro atoms. The minimum atomic E-state index is -0.946. The van der Waals surface area contributed by atoms with E-state index >= 15 is 0 Å². The molecule has 0 radical (unpaired) electrons. The number of nitrogens with zero attached hydrogens (tertiary/aromatic N) is 1. The van der Waals surface area contributed by atoms with E-state index in [9.17, 15) is 4.79 Å². The van der Waals surface area contributed by atoms with Gasteiger partial charge in [0.15, 0.2) is 10.9 Å². The number of carbonyl (C=O) groups excluding carboxylic acids is 1. The maximum atomic E-state index is 11.5. The van der Waals surface area contributed by atoms with E-state index in [1.165, 1.54) is 0 Å². The van der Waals surface area contributed by atoms with E-state index in [4.69, 9.17) is 33.7 Å². The molecule has 2 heterocycles. The van der Waals surface area contributed by atoms with Crippen molar-refractivity contribution in [2.75, 3.05) is 6.61 Å². The number of amides is 1. The van der Waals surface area contributed by atoms with Gasteiger partial charge in [0, 0.05) is 5.56 Å². The molecule has 0 fully saturated rings. The number of fused-ring (bicyclic) bond motifs is 1. The minimum Gasteiger partial charge on any atom is -0.488 e. The molecule has 2 N–H and O–H groups in total. The molecule has 16 heavy (non-hydrogen) atoms. The number of primary amides is 1. The topological polar surface area (TPSA) is 65.2 Å². The molecule has 1 aromatic rings. The average molecular weight is 373 g/mol. The zero-order valence-electron chi connectivity index (χ0n) is 8.18. The molecular formula is C9H7Cl2IN2O2. The molecular weight excluding hydrogens is 366 g/mol. The highest BCUT2D eigenvalue weighted by molar-refractivity contribution is 14.1. The number of aromatic nitrogens is 1. The summed E-state index contributed by atoms with van der Waals surface area (Å²) in [5.74, 6) is -0.139. The van der Waals surface area contributed by atoms with Crippen molar-refractivity contribution in [3.63, 3.8) is 0 Å². The van der Waals surface area contributed by atoms with Gasteiger partial charge in [-0.3, -0.25) is 4.79 Å². The Hall–Kier alpha value is -0.270. The molecule has 0 saturated carbocycles. The summed E-state index contributed by atoms with van der Waals surface area (Å²) in [5.41, 5.74) is 4.96. The van der Waals surface area contributed by atoms with E-state index in [1.54, 1.807) is 6.92 Å². The number of ether oxygens (including phenoxy) is 1. The summed E-state index contributed by atoms with van der Waals surface area (Å²) in [6.07, 6.45) is 0. The lowest BCUT2D eigenvalue weighted by molar-refractivity contribution is -0.123. The van der Waals surface area contributed by atoms with Crippen molar-refractivity contribution in [2.24, 2.45) is 5.73 Å². The number of hydrogen-bond donors (Lipinski definition) is 1. The molecule has 1 aromatic heterocycles. The summed E-state index contributed by atoms with van der Waals surface area (Å²) in [5, 5.41) is 0.576. The Kier molecular flexibility index (Phi) is 2.96. The lowest BCUT2D eigenvalue weighted by atomic mass is 9.84. The maximum Gasteiger partial charge on any atom is 0.231 e. The molecule has 0 bridgehead atoms. The van der Waals surface area contributed by atoms with E-state index in [2.05, 4.69) is 4.98 Å². The SMILES string of the molecule is CC1(C(N)=O)COc2c(Cl)nc(I)c(Cl)c21. The summed E-state index contributed by atoms with van der Waals surface area (Å²) < 4.78 is 5.89. The molecule has 0 saturated heterocycles. The maximum absolute atomic E-state index is 11.5. The van der Waals surface area contributed by atoms with Crippen LogP contribution in [0.5, 0.6) is 5.75 Å². The second-order valence-corrected chi connectivity index (χ2v) is 5.45. The molecule has 1 unspecified atom stereocenters. The Bertz CT molecular complexity index is 495. The summed E-state index contributed by atoms with van der Waals surface area (Å²) in [4.78, 5) is 15.5. The van der Waals surface area contributed by atoms with Gasteiger partial charge >= 0.3 is 0 Å². The number of pyridine rings is 1. The fourth-order valence-electron chi connectivity index (χ4n) is 1.60. The predicted octanol–water partition coefficient (Wildman–Crippen LogP) is 2.13. The van der Waals surface area contributed by atoms with Crippen LogP contribution >= 0.6 is 45.8 Å². The number of rotatable bonds is 1. The van der Waals surface area contributed by atoms with Crippen LogP contribution in [0, 0.1) is 3.70 Å². The largest absolute Gasteiger partial charge is 0.488 e. The van der Waals surface area contributed by atoms with Crippen molar-refractivity contribution in [3.05, 3.63) is 19.4 Å². The Balaban J connectivity index is 2.76. The van der Waals surface area contributed by atoms with E-state index in [-0.39, 0.29) is 11.8 Å². The van der Waals surface area contributed by atoms with Crippen LogP contribution in [0.3, 0.4) is 0 Å². The highest BCUT2D eigenvalue weighted by Crippen LogP contribution is 2.47. The van der Waals surface area contributed by atoms with Crippen molar-refractivity contribution in [3.8, 4) is 5.75 Å². The van der Waals surface area contributed by atoms with Crippen LogP contribution in [-0.4, -0.2) is 17.5 Å². The lowest BCUT2D eigenvalue weighted by Crippen LogP contribution is -2.40. The zero-order chi connectivity index (χ0) is 12.1. The number of nitrogens with two attached hydrogens (primary N) is 1. The number of hydrogen-bond acceptors (Lipinski definition) is 3. The van der Waals surface area contributed by atoms with E-state index < -0.39 is 11.3 Å². The predicted molar refractivity (Wildman–Crippen MR) is 69.0 cm³/mol. The Morgan fingerprint density at radius 3 is 2.81 bits per heavy atom. The minimum absolute atomic E-state index is 0.138. The van der Waals surface area contributed by atoms with Crippen LogP contribution in [0.1, 0.15) is 12.5 Å². The molecule has 86 valence electrons. The van der Waals surface area contributed by atoms with Crippen molar-refractivity contribution < 1.29 is 9.53 Å². The average Bonchev–Trinajstić information content (AvgIpc) is 2.55. The van der Waals surface area contributed by atoms with Crippen molar-refractivity contribution in [1.29, 1.82) is 0 Å². The molecule has 1 aliphatic heterocycles. The van der Waals surface area contributed by atoms with Crippen molar-refractivity contribution in [2.45, 2.75) is 12.3 Å². The standard InChI is InChI=1S/C9H7Cl2IN2O2/c1-9(8(13)15)2-16-5-3(9)4(10)7(12)14-6(5)11/h2H2,1H3,(H2,13,15). The Labute approximate surface area is 116 Å². The van der Waals surface area contributed by atoms with Crippen LogP contribution in [0.25, 0.3) is 0 Å². The first-order chi connectivity index (χ1) is 7.38. The molecule has 1 amide bonds. The van der Waals surface area contributed by atoms with Crippen LogP contribution in [0.4, 0.5) is 0 Å². The summed E-state index contributed by atoms with van der Waals surface area (Å²) >= 11 is 14.0. The van der Waals surface area contributed by atoms with Gasteiger partial charge in [0.1, 0.15) is 15.7 Å². The van der Waals surface area contributed by atoms with Crippen LogP contribution in [0.2, 0.25) is 10.2 Å². The molecule has 1 atom stereocenters. The first kappa shape index (κ1) is 12.2. The summed E-state index contributed by atoms with van der Waals surface area (Å²) in [6, 6.07) is 0. The van der Waals surface area contributed by atoms with Gasteiger partial charge in [0.2, 0.25) is 5.91 Å². The lowest BCUT2D eigenvalue weighted by Gasteiger charge is -2.19. The zero-order valence-corrected chi connectivity index (χ0v) is 11.9. The third-order valence-electron chi connectivity index (χ3n) is 2.61. The molecule has 2 rings (SSSR count). The van der Waals surface area contributed by atoms with Gasteiger partial charge in [0.25, 0.3) is 0 Å². The van der Waals surface area contributed by atoms with Crippen LogP contribution < -0.4 is 10.5 Å². The van der Waals surface area contributed by atoms with Crippen LogP contribution in [0.15, 0.2) is 0 Å². The van der Waals surface area contributed by atoms with Gasteiger partial charge in [-0.1, -0.05) is 23.2 Å². The van der Waals surface area contributed by atoms with Crippen molar-refractivity contribution in [1.82, 2.24) is 4.98 Å². The van der Waals surface area contributed by atoms with Gasteiger partial charge in [-0.05, 0) is 29.5 Å².